The number of benzene rings is 9. The van der Waals surface area contributed by atoms with Crippen molar-refractivity contribution in [1.29, 1.82) is 0 Å². The summed E-state index contributed by atoms with van der Waals surface area (Å²) in [6, 6.07) is 64.4. The molecule has 0 fully saturated rings. The zero-order valence-electron chi connectivity index (χ0n) is 30.5. The molecule has 0 saturated heterocycles. The number of hydrogen-bond donors (Lipinski definition) is 0. The van der Waals surface area contributed by atoms with Gasteiger partial charge >= 0.3 is 0 Å². The van der Waals surface area contributed by atoms with E-state index >= 15 is 0 Å². The summed E-state index contributed by atoms with van der Waals surface area (Å²) in [6.45, 7) is 0. The Morgan fingerprint density at radius 2 is 0.842 bits per heavy atom. The van der Waals surface area contributed by atoms with Gasteiger partial charge in [0.25, 0.3) is 0 Å². The Balaban J connectivity index is 0.931. The van der Waals surface area contributed by atoms with Crippen molar-refractivity contribution in [2.75, 3.05) is 0 Å². The summed E-state index contributed by atoms with van der Waals surface area (Å²) in [5.41, 5.74) is 7.23. The molecule has 0 saturated carbocycles. The molecule has 12 aromatic rings. The molecule has 12 rings (SSSR count). The molecule has 0 spiro atoms. The van der Waals surface area contributed by atoms with Gasteiger partial charge in [-0.3, -0.25) is 0 Å². The smallest absolute Gasteiger partial charge is 0.164 e. The van der Waals surface area contributed by atoms with Gasteiger partial charge in [0.2, 0.25) is 0 Å². The number of aromatic nitrogens is 4. The number of thiophene rings is 1. The van der Waals surface area contributed by atoms with Crippen molar-refractivity contribution >= 4 is 74.7 Å². The van der Waals surface area contributed by atoms with E-state index in [4.69, 9.17) is 19.9 Å². The number of pyridine rings is 1. The van der Waals surface area contributed by atoms with Crippen LogP contribution in [0.4, 0.5) is 0 Å². The highest BCUT2D eigenvalue weighted by molar-refractivity contribution is 7.25. The number of hydrogen-bond acceptors (Lipinski definition) is 5. The summed E-state index contributed by atoms with van der Waals surface area (Å²) < 4.78 is 1.26. The molecular weight excluding hydrogens is 713 g/mol. The zero-order valence-corrected chi connectivity index (χ0v) is 31.3. The molecule has 0 N–H and O–H groups in total. The normalized spacial score (nSPS) is 11.9. The minimum absolute atomic E-state index is 0.640. The van der Waals surface area contributed by atoms with Gasteiger partial charge in [-0.05, 0) is 61.0 Å². The molecule has 5 heteroatoms. The Bertz CT molecular complexity index is 3480. The highest BCUT2D eigenvalue weighted by Gasteiger charge is 2.18. The maximum atomic E-state index is 5.25. The fraction of sp³-hybridized carbons (Fsp3) is 0. The second-order valence-electron chi connectivity index (χ2n) is 14.6. The number of fused-ring (bicyclic) bond motifs is 5. The van der Waals surface area contributed by atoms with Crippen LogP contribution in [0.3, 0.4) is 0 Å². The van der Waals surface area contributed by atoms with Gasteiger partial charge in [0.05, 0.1) is 5.69 Å². The third-order valence-electron chi connectivity index (χ3n) is 11.3. The van der Waals surface area contributed by atoms with Crippen LogP contribution < -0.4 is 0 Å². The Morgan fingerprint density at radius 1 is 0.298 bits per heavy atom. The van der Waals surface area contributed by atoms with E-state index in [-0.39, 0.29) is 0 Å². The van der Waals surface area contributed by atoms with Crippen LogP contribution >= 0.6 is 11.3 Å². The number of nitrogens with zero attached hydrogens (tertiary/aromatic N) is 4. The highest BCUT2D eigenvalue weighted by Crippen LogP contribution is 2.42. The SMILES string of the molecule is c1ccc(-c2nc(-c3ccc(-c4ccc(-c5nc6sc7ccccc7c6c6ccccc56)cc4)cc3)nc(-c3ccc4ccc5cccc6ccc3c4c56)n2)cc1. The third kappa shape index (κ3) is 5.13. The maximum Gasteiger partial charge on any atom is 0.164 e. The summed E-state index contributed by atoms with van der Waals surface area (Å²) in [6.07, 6.45) is 0. The first kappa shape index (κ1) is 32.0. The van der Waals surface area contributed by atoms with E-state index in [1.807, 2.05) is 18.2 Å². The van der Waals surface area contributed by atoms with Crippen molar-refractivity contribution in [2.45, 2.75) is 0 Å². The second kappa shape index (κ2) is 12.6. The molecule has 4 nitrogen and oxygen atoms in total. The lowest BCUT2D eigenvalue weighted by Gasteiger charge is -2.14. The lowest BCUT2D eigenvalue weighted by Crippen LogP contribution is -2.00. The monoisotopic (exact) mass is 742 g/mol. The van der Waals surface area contributed by atoms with Crippen LogP contribution in [0.5, 0.6) is 0 Å². The maximum absolute atomic E-state index is 5.25. The van der Waals surface area contributed by atoms with Gasteiger partial charge in [0, 0.05) is 43.1 Å². The molecule has 3 heterocycles. The first-order chi connectivity index (χ1) is 28.2. The van der Waals surface area contributed by atoms with Gasteiger partial charge in [-0.15, -0.1) is 11.3 Å². The van der Waals surface area contributed by atoms with Gasteiger partial charge < -0.3 is 0 Å². The molecule has 0 unspecified atom stereocenters. The Hall–Kier alpha value is -7.34. The van der Waals surface area contributed by atoms with E-state index in [2.05, 4.69) is 164 Å². The summed E-state index contributed by atoms with van der Waals surface area (Å²) >= 11 is 1.76. The molecule has 9 aromatic carbocycles. The molecule has 0 aliphatic rings. The van der Waals surface area contributed by atoms with Crippen LogP contribution in [0.25, 0.3) is 120 Å². The third-order valence-corrected chi connectivity index (χ3v) is 12.4. The first-order valence-electron chi connectivity index (χ1n) is 19.1. The molecule has 57 heavy (non-hydrogen) atoms. The van der Waals surface area contributed by atoms with E-state index < -0.39 is 0 Å². The predicted molar refractivity (Wildman–Crippen MR) is 239 cm³/mol. The summed E-state index contributed by atoms with van der Waals surface area (Å²) in [4.78, 5) is 21.6. The molecular formula is C52H30N4S. The summed E-state index contributed by atoms with van der Waals surface area (Å²) in [5, 5.41) is 12.2. The second-order valence-corrected chi connectivity index (χ2v) is 15.6. The van der Waals surface area contributed by atoms with Crippen LogP contribution in [0, 0.1) is 0 Å². The van der Waals surface area contributed by atoms with Gasteiger partial charge in [0.15, 0.2) is 17.5 Å². The Labute approximate surface area is 331 Å². The first-order valence-corrected chi connectivity index (χ1v) is 19.9. The fourth-order valence-electron chi connectivity index (χ4n) is 8.57. The van der Waals surface area contributed by atoms with E-state index in [0.717, 1.165) is 49.3 Å². The minimum Gasteiger partial charge on any atom is -0.236 e. The van der Waals surface area contributed by atoms with Gasteiger partial charge in [-0.1, -0.05) is 170 Å². The standard InChI is InChI=1S/C52H30N4S/c1-2-9-37(10-3-1)49-54-50(56-51(55-49)42-30-28-35-22-21-33-11-8-12-34-27-29-40(42)46(35)45(33)34)38-25-19-32(20-26-38)31-17-23-36(24-18-31)48-41-14-5-4-13-39(41)47-43-15-6-7-16-44(43)57-52(47)53-48/h1-30H. The van der Waals surface area contributed by atoms with E-state index in [1.165, 1.54) is 53.2 Å². The van der Waals surface area contributed by atoms with E-state index in [1.54, 1.807) is 11.3 Å². The van der Waals surface area contributed by atoms with Crippen LogP contribution in [-0.4, -0.2) is 19.9 Å². The topological polar surface area (TPSA) is 51.6 Å². The summed E-state index contributed by atoms with van der Waals surface area (Å²) in [5.74, 6) is 1.95. The van der Waals surface area contributed by atoms with E-state index in [0.29, 0.717) is 17.5 Å². The highest BCUT2D eigenvalue weighted by atomic mass is 32.1. The fourth-order valence-corrected chi connectivity index (χ4v) is 9.66. The number of rotatable bonds is 5. The quantitative estimate of drug-likeness (QED) is 0.165. The van der Waals surface area contributed by atoms with Crippen LogP contribution in [0.2, 0.25) is 0 Å². The zero-order chi connectivity index (χ0) is 37.5. The molecule has 0 atom stereocenters. The largest absolute Gasteiger partial charge is 0.236 e. The van der Waals surface area contributed by atoms with Crippen LogP contribution in [0.15, 0.2) is 182 Å². The Morgan fingerprint density at radius 3 is 1.58 bits per heavy atom. The van der Waals surface area contributed by atoms with Crippen LogP contribution in [-0.2, 0) is 0 Å². The van der Waals surface area contributed by atoms with Gasteiger partial charge in [-0.25, -0.2) is 19.9 Å². The van der Waals surface area contributed by atoms with Crippen molar-refractivity contribution < 1.29 is 0 Å². The van der Waals surface area contributed by atoms with Crippen molar-refractivity contribution in [2.24, 2.45) is 0 Å². The van der Waals surface area contributed by atoms with Crippen molar-refractivity contribution in [1.82, 2.24) is 19.9 Å². The molecule has 0 aliphatic carbocycles. The molecule has 3 aromatic heterocycles. The molecule has 0 amide bonds. The average Bonchev–Trinajstić information content (AvgIpc) is 3.67. The lowest BCUT2D eigenvalue weighted by atomic mass is 9.92. The van der Waals surface area contributed by atoms with Gasteiger partial charge in [-0.2, -0.15) is 0 Å². The molecule has 0 bridgehead atoms. The van der Waals surface area contributed by atoms with Crippen molar-refractivity contribution in [3.63, 3.8) is 0 Å². The average molecular weight is 743 g/mol. The summed E-state index contributed by atoms with van der Waals surface area (Å²) in [7, 11) is 0. The minimum atomic E-state index is 0.640. The van der Waals surface area contributed by atoms with Crippen molar-refractivity contribution in [3.8, 4) is 56.5 Å². The van der Waals surface area contributed by atoms with E-state index in [9.17, 15) is 0 Å². The van der Waals surface area contributed by atoms with Gasteiger partial charge in [0.1, 0.15) is 4.83 Å². The molecule has 264 valence electrons. The van der Waals surface area contributed by atoms with Crippen molar-refractivity contribution in [3.05, 3.63) is 182 Å². The molecule has 0 radical (unpaired) electrons. The Kier molecular flexibility index (Phi) is 7.06. The molecule has 0 aliphatic heterocycles. The lowest BCUT2D eigenvalue weighted by molar-refractivity contribution is 1.08. The van der Waals surface area contributed by atoms with Crippen LogP contribution in [0.1, 0.15) is 0 Å². The predicted octanol–water partition coefficient (Wildman–Crippen LogP) is 14.0.